The lowest BCUT2D eigenvalue weighted by molar-refractivity contribution is 0.151. The van der Waals surface area contributed by atoms with Gasteiger partial charge in [-0.3, -0.25) is 4.98 Å². The first kappa shape index (κ1) is 8.02. The molecule has 0 aliphatic heterocycles. The summed E-state index contributed by atoms with van der Waals surface area (Å²) in [5, 5.41) is 10.3. The third-order valence-corrected chi connectivity index (χ3v) is 2.61. The Bertz CT molecular complexity index is 301. The summed E-state index contributed by atoms with van der Waals surface area (Å²) in [6, 6.07) is 1.78. The van der Waals surface area contributed by atoms with Crippen LogP contribution >= 0.6 is 11.6 Å². The van der Waals surface area contributed by atoms with Crippen LogP contribution in [-0.4, -0.2) is 10.1 Å². The molecule has 0 bridgehead atoms. The molecule has 0 spiro atoms. The number of hydrogen-bond acceptors (Lipinski definition) is 2. The number of aliphatic hydroxyl groups is 1. The number of nitrogens with zero attached hydrogens (tertiary/aromatic N) is 1. The molecule has 0 fully saturated rings. The molecule has 1 aromatic heterocycles. The normalized spacial score (nSPS) is 22.0. The fourth-order valence-corrected chi connectivity index (χ4v) is 1.88. The second kappa shape index (κ2) is 3.04. The van der Waals surface area contributed by atoms with Crippen LogP contribution in [0.25, 0.3) is 0 Å². The molecule has 64 valence electrons. The van der Waals surface area contributed by atoms with E-state index < -0.39 is 6.10 Å². The van der Waals surface area contributed by atoms with Gasteiger partial charge in [-0.1, -0.05) is 11.6 Å². The number of aliphatic hydroxyl groups excluding tert-OH is 1. The molecule has 1 heterocycles. The van der Waals surface area contributed by atoms with E-state index in [2.05, 4.69) is 4.98 Å². The van der Waals surface area contributed by atoms with Crippen molar-refractivity contribution in [1.82, 2.24) is 4.98 Å². The van der Waals surface area contributed by atoms with Crippen LogP contribution in [0.1, 0.15) is 30.2 Å². The second-order valence-corrected chi connectivity index (χ2v) is 3.47. The van der Waals surface area contributed by atoms with Gasteiger partial charge in [0.1, 0.15) is 0 Å². The predicted octanol–water partition coefficient (Wildman–Crippen LogP) is 2.10. The number of aromatic nitrogens is 1. The zero-order valence-corrected chi connectivity index (χ0v) is 7.38. The number of pyridine rings is 1. The molecule has 0 aromatic carbocycles. The Morgan fingerprint density at radius 3 is 3.17 bits per heavy atom. The fraction of sp³-hybridized carbons (Fsp3) is 0.444. The van der Waals surface area contributed by atoms with Gasteiger partial charge in [-0.2, -0.15) is 0 Å². The minimum Gasteiger partial charge on any atom is -0.387 e. The summed E-state index contributed by atoms with van der Waals surface area (Å²) in [4.78, 5) is 4.13. The van der Waals surface area contributed by atoms with E-state index in [-0.39, 0.29) is 0 Å². The minimum atomic E-state index is -0.410. The number of fused-ring (bicyclic) bond motifs is 1. The van der Waals surface area contributed by atoms with Gasteiger partial charge in [0.2, 0.25) is 0 Å². The standard InChI is InChI=1S/C9H10ClNO/c10-7-4-5-11-9-6(7)2-1-3-8(9)12/h4-5,8,12H,1-3H2/t8-/m0/s1. The van der Waals surface area contributed by atoms with Crippen LogP contribution in [-0.2, 0) is 6.42 Å². The molecule has 0 amide bonds. The molecule has 0 saturated carbocycles. The second-order valence-electron chi connectivity index (χ2n) is 3.06. The molecule has 0 radical (unpaired) electrons. The van der Waals surface area contributed by atoms with Crippen LogP contribution in [0.15, 0.2) is 12.3 Å². The smallest absolute Gasteiger partial charge is 0.0963 e. The highest BCUT2D eigenvalue weighted by Gasteiger charge is 2.20. The zero-order valence-electron chi connectivity index (χ0n) is 6.63. The highest BCUT2D eigenvalue weighted by Crippen LogP contribution is 2.31. The summed E-state index contributed by atoms with van der Waals surface area (Å²) < 4.78 is 0. The Morgan fingerprint density at radius 1 is 1.58 bits per heavy atom. The first-order valence-corrected chi connectivity index (χ1v) is 4.48. The summed E-state index contributed by atoms with van der Waals surface area (Å²) in [7, 11) is 0. The molecule has 2 nitrogen and oxygen atoms in total. The van der Waals surface area contributed by atoms with Crippen molar-refractivity contribution in [2.75, 3.05) is 0 Å². The van der Waals surface area contributed by atoms with Crippen molar-refractivity contribution in [3.05, 3.63) is 28.5 Å². The monoisotopic (exact) mass is 183 g/mol. The molecule has 2 rings (SSSR count). The van der Waals surface area contributed by atoms with Gasteiger partial charge < -0.3 is 5.11 Å². The zero-order chi connectivity index (χ0) is 8.55. The average Bonchev–Trinajstić information content (AvgIpc) is 2.07. The Hall–Kier alpha value is -0.600. The Morgan fingerprint density at radius 2 is 2.42 bits per heavy atom. The van der Waals surface area contributed by atoms with Crippen LogP contribution in [0.5, 0.6) is 0 Å². The van der Waals surface area contributed by atoms with E-state index in [1.54, 1.807) is 12.3 Å². The van der Waals surface area contributed by atoms with Crippen molar-refractivity contribution in [1.29, 1.82) is 0 Å². The Labute approximate surface area is 76.2 Å². The molecule has 12 heavy (non-hydrogen) atoms. The minimum absolute atomic E-state index is 0.410. The van der Waals surface area contributed by atoms with E-state index in [1.165, 1.54) is 0 Å². The summed E-state index contributed by atoms with van der Waals surface area (Å²) in [5.41, 5.74) is 1.80. The third-order valence-electron chi connectivity index (χ3n) is 2.25. The van der Waals surface area contributed by atoms with Crippen LogP contribution in [0.3, 0.4) is 0 Å². The van der Waals surface area contributed by atoms with E-state index in [1.807, 2.05) is 0 Å². The van der Waals surface area contributed by atoms with Crippen LogP contribution in [0.2, 0.25) is 5.02 Å². The van der Waals surface area contributed by atoms with Crippen LogP contribution in [0, 0.1) is 0 Å². The van der Waals surface area contributed by atoms with Crippen molar-refractivity contribution in [2.45, 2.75) is 25.4 Å². The number of halogens is 1. The lowest BCUT2D eigenvalue weighted by Crippen LogP contribution is -2.11. The van der Waals surface area contributed by atoms with Gasteiger partial charge in [0.25, 0.3) is 0 Å². The van der Waals surface area contributed by atoms with Crippen LogP contribution < -0.4 is 0 Å². The van der Waals surface area contributed by atoms with Gasteiger partial charge >= 0.3 is 0 Å². The molecular formula is C9H10ClNO. The highest BCUT2D eigenvalue weighted by molar-refractivity contribution is 6.31. The largest absolute Gasteiger partial charge is 0.387 e. The molecule has 0 unspecified atom stereocenters. The SMILES string of the molecule is O[C@H]1CCCc2c(Cl)ccnc21. The highest BCUT2D eigenvalue weighted by atomic mass is 35.5. The first-order valence-electron chi connectivity index (χ1n) is 4.10. The van der Waals surface area contributed by atoms with Crippen molar-refractivity contribution < 1.29 is 5.11 Å². The van der Waals surface area contributed by atoms with Crippen molar-refractivity contribution in [2.24, 2.45) is 0 Å². The maximum absolute atomic E-state index is 9.56. The summed E-state index contributed by atoms with van der Waals surface area (Å²) in [6.07, 6.45) is 3.99. The maximum atomic E-state index is 9.56. The molecule has 1 aliphatic rings. The van der Waals surface area contributed by atoms with Gasteiger partial charge in [0.05, 0.1) is 11.8 Å². The van der Waals surface area contributed by atoms with Crippen molar-refractivity contribution >= 4 is 11.6 Å². The molecule has 1 atom stereocenters. The van der Waals surface area contributed by atoms with E-state index in [0.29, 0.717) is 0 Å². The molecule has 1 aliphatic carbocycles. The quantitative estimate of drug-likeness (QED) is 0.668. The predicted molar refractivity (Wildman–Crippen MR) is 47.1 cm³/mol. The van der Waals surface area contributed by atoms with Gasteiger partial charge in [0.15, 0.2) is 0 Å². The van der Waals surface area contributed by atoms with Crippen LogP contribution in [0.4, 0.5) is 0 Å². The number of rotatable bonds is 0. The average molecular weight is 184 g/mol. The van der Waals surface area contributed by atoms with E-state index in [4.69, 9.17) is 11.6 Å². The van der Waals surface area contributed by atoms with E-state index in [0.717, 1.165) is 35.5 Å². The first-order chi connectivity index (χ1) is 5.79. The van der Waals surface area contributed by atoms with Crippen molar-refractivity contribution in [3.63, 3.8) is 0 Å². The van der Waals surface area contributed by atoms with Crippen molar-refractivity contribution in [3.8, 4) is 0 Å². The lowest BCUT2D eigenvalue weighted by Gasteiger charge is -2.20. The van der Waals surface area contributed by atoms with Gasteiger partial charge in [-0.05, 0) is 30.9 Å². The number of hydrogen-bond donors (Lipinski definition) is 1. The molecule has 0 saturated heterocycles. The maximum Gasteiger partial charge on any atom is 0.0963 e. The van der Waals surface area contributed by atoms with Gasteiger partial charge in [-0.25, -0.2) is 0 Å². The molecule has 1 aromatic rings. The Balaban J connectivity index is 2.52. The lowest BCUT2D eigenvalue weighted by atomic mass is 9.94. The summed E-state index contributed by atoms with van der Waals surface area (Å²) in [5.74, 6) is 0. The molecule has 1 N–H and O–H groups in total. The topological polar surface area (TPSA) is 33.1 Å². The summed E-state index contributed by atoms with van der Waals surface area (Å²) >= 11 is 5.96. The Kier molecular flexibility index (Phi) is 2.03. The fourth-order valence-electron chi connectivity index (χ4n) is 1.63. The van der Waals surface area contributed by atoms with E-state index >= 15 is 0 Å². The van der Waals surface area contributed by atoms with Gasteiger partial charge in [0, 0.05) is 11.2 Å². The molecular weight excluding hydrogens is 174 g/mol. The summed E-state index contributed by atoms with van der Waals surface area (Å²) in [6.45, 7) is 0. The van der Waals surface area contributed by atoms with E-state index in [9.17, 15) is 5.11 Å². The molecule has 3 heteroatoms. The van der Waals surface area contributed by atoms with Gasteiger partial charge in [-0.15, -0.1) is 0 Å². The third kappa shape index (κ3) is 1.21.